The molecule has 19 heavy (non-hydrogen) atoms. The van der Waals surface area contributed by atoms with Crippen LogP contribution in [0.1, 0.15) is 37.2 Å². The number of rotatable bonds is 6. The van der Waals surface area contributed by atoms with Crippen molar-refractivity contribution < 1.29 is 4.74 Å². The zero-order chi connectivity index (χ0) is 13.1. The summed E-state index contributed by atoms with van der Waals surface area (Å²) in [7, 11) is 0. The summed E-state index contributed by atoms with van der Waals surface area (Å²) in [6.45, 7) is 2.99. The third kappa shape index (κ3) is 2.96. The summed E-state index contributed by atoms with van der Waals surface area (Å²) in [5.41, 5.74) is 1.19. The molecule has 1 aliphatic rings. The smallest absolute Gasteiger partial charge is 0.127 e. The van der Waals surface area contributed by atoms with Crippen LogP contribution in [0.4, 0.5) is 0 Å². The Hall–Kier alpha value is -1.81. The maximum atomic E-state index is 5.77. The van der Waals surface area contributed by atoms with Gasteiger partial charge in [0.05, 0.1) is 12.1 Å². The Balaban J connectivity index is 1.77. The van der Waals surface area contributed by atoms with E-state index in [0.29, 0.717) is 6.10 Å². The largest absolute Gasteiger partial charge is 0.490 e. The molecule has 1 fully saturated rings. The molecule has 0 amide bonds. The van der Waals surface area contributed by atoms with Crippen LogP contribution in [-0.4, -0.2) is 22.6 Å². The summed E-state index contributed by atoms with van der Waals surface area (Å²) in [6, 6.07) is 8.40. The van der Waals surface area contributed by atoms with Gasteiger partial charge in [-0.2, -0.15) is 0 Å². The molecule has 1 heterocycles. The minimum atomic E-state index is 0.106. The van der Waals surface area contributed by atoms with E-state index in [4.69, 9.17) is 4.74 Å². The average Bonchev–Trinajstić information content (AvgIpc) is 3.08. The summed E-state index contributed by atoms with van der Waals surface area (Å²) in [5.74, 6) is 1.90. The number of aromatic nitrogens is 2. The van der Waals surface area contributed by atoms with Gasteiger partial charge in [-0.3, -0.25) is 0 Å². The Kier molecular flexibility index (Phi) is 3.51. The molecule has 1 unspecified atom stereocenters. The first-order valence-corrected chi connectivity index (χ1v) is 6.86. The van der Waals surface area contributed by atoms with Crippen LogP contribution >= 0.6 is 0 Å². The number of imidazole rings is 1. The zero-order valence-corrected chi connectivity index (χ0v) is 11.1. The molecule has 100 valence electrons. The molecule has 0 saturated heterocycles. The number of benzene rings is 1. The predicted molar refractivity (Wildman–Crippen MR) is 74.2 cm³/mol. The van der Waals surface area contributed by atoms with Gasteiger partial charge in [0.1, 0.15) is 11.6 Å². The lowest BCUT2D eigenvalue weighted by Crippen LogP contribution is -2.23. The van der Waals surface area contributed by atoms with Crippen molar-refractivity contribution in [1.82, 2.24) is 15.3 Å². The van der Waals surface area contributed by atoms with Gasteiger partial charge in [0.15, 0.2) is 0 Å². The minimum absolute atomic E-state index is 0.106. The first-order valence-electron chi connectivity index (χ1n) is 6.86. The Labute approximate surface area is 113 Å². The minimum Gasteiger partial charge on any atom is -0.490 e. The fraction of sp³-hybridized carbons (Fsp3) is 0.400. The quantitative estimate of drug-likeness (QED) is 0.836. The van der Waals surface area contributed by atoms with Crippen molar-refractivity contribution in [2.75, 3.05) is 6.54 Å². The lowest BCUT2D eigenvalue weighted by atomic mass is 10.1. The number of ether oxygens (including phenoxy) is 1. The Morgan fingerprint density at radius 3 is 2.74 bits per heavy atom. The van der Waals surface area contributed by atoms with E-state index in [-0.39, 0.29) is 6.04 Å². The van der Waals surface area contributed by atoms with Gasteiger partial charge < -0.3 is 15.0 Å². The average molecular weight is 257 g/mol. The Bertz CT molecular complexity index is 503. The number of nitrogens with one attached hydrogen (secondary N) is 2. The van der Waals surface area contributed by atoms with Crippen LogP contribution in [0.5, 0.6) is 5.75 Å². The predicted octanol–water partition coefficient (Wildman–Crippen LogP) is 2.65. The molecule has 4 heteroatoms. The molecule has 0 aliphatic heterocycles. The van der Waals surface area contributed by atoms with Crippen LogP contribution < -0.4 is 10.1 Å². The Morgan fingerprint density at radius 1 is 1.37 bits per heavy atom. The highest BCUT2D eigenvalue weighted by molar-refractivity contribution is 5.32. The van der Waals surface area contributed by atoms with E-state index in [2.05, 4.69) is 34.3 Å². The summed E-state index contributed by atoms with van der Waals surface area (Å²) in [5, 5.41) is 3.44. The van der Waals surface area contributed by atoms with Gasteiger partial charge in [-0.1, -0.05) is 19.1 Å². The molecule has 1 aromatic heterocycles. The van der Waals surface area contributed by atoms with E-state index in [0.717, 1.165) is 18.1 Å². The summed E-state index contributed by atoms with van der Waals surface area (Å²) in [6.07, 6.45) is 6.46. The van der Waals surface area contributed by atoms with E-state index in [1.54, 1.807) is 6.20 Å². The number of hydrogen-bond acceptors (Lipinski definition) is 3. The third-order valence-corrected chi connectivity index (χ3v) is 3.24. The number of H-pyrrole nitrogens is 1. The molecule has 2 N–H and O–H groups in total. The van der Waals surface area contributed by atoms with Crippen molar-refractivity contribution >= 4 is 0 Å². The lowest BCUT2D eigenvalue weighted by molar-refractivity contribution is 0.303. The van der Waals surface area contributed by atoms with Crippen LogP contribution in [0.25, 0.3) is 0 Å². The van der Waals surface area contributed by atoms with Crippen LogP contribution in [0.3, 0.4) is 0 Å². The molecule has 0 radical (unpaired) electrons. The molecule has 4 nitrogen and oxygen atoms in total. The SMILES string of the molecule is CCNC(c1ccc(OC2CC2)cc1)c1ncc[nH]1. The molecule has 1 aromatic carbocycles. The van der Waals surface area contributed by atoms with Crippen LogP contribution in [-0.2, 0) is 0 Å². The fourth-order valence-corrected chi connectivity index (χ4v) is 2.13. The van der Waals surface area contributed by atoms with Crippen LogP contribution in [0, 0.1) is 0 Å². The highest BCUT2D eigenvalue weighted by atomic mass is 16.5. The van der Waals surface area contributed by atoms with Gasteiger partial charge in [-0.05, 0) is 37.1 Å². The lowest BCUT2D eigenvalue weighted by Gasteiger charge is -2.16. The highest BCUT2D eigenvalue weighted by Crippen LogP contribution is 2.28. The third-order valence-electron chi connectivity index (χ3n) is 3.24. The van der Waals surface area contributed by atoms with Crippen molar-refractivity contribution in [1.29, 1.82) is 0 Å². The second kappa shape index (κ2) is 5.45. The number of nitrogens with zero attached hydrogens (tertiary/aromatic N) is 1. The van der Waals surface area contributed by atoms with E-state index < -0.39 is 0 Å². The van der Waals surface area contributed by atoms with Gasteiger partial charge in [0.25, 0.3) is 0 Å². The fourth-order valence-electron chi connectivity index (χ4n) is 2.13. The monoisotopic (exact) mass is 257 g/mol. The maximum absolute atomic E-state index is 5.77. The second-order valence-electron chi connectivity index (χ2n) is 4.85. The van der Waals surface area contributed by atoms with Crippen LogP contribution in [0.15, 0.2) is 36.7 Å². The molecule has 1 aliphatic carbocycles. The molecule has 2 aromatic rings. The molecular weight excluding hydrogens is 238 g/mol. The van der Waals surface area contributed by atoms with Gasteiger partial charge in [0.2, 0.25) is 0 Å². The number of hydrogen-bond donors (Lipinski definition) is 2. The molecule has 1 atom stereocenters. The zero-order valence-electron chi connectivity index (χ0n) is 11.1. The molecule has 1 saturated carbocycles. The standard InChI is InChI=1S/C15H19N3O/c1-2-16-14(15-17-9-10-18-15)11-3-5-12(6-4-11)19-13-7-8-13/h3-6,9-10,13-14,16H,2,7-8H2,1H3,(H,17,18). The van der Waals surface area contributed by atoms with Crippen molar-refractivity contribution in [3.63, 3.8) is 0 Å². The van der Waals surface area contributed by atoms with Crippen molar-refractivity contribution in [3.05, 3.63) is 48.0 Å². The first-order chi connectivity index (χ1) is 9.36. The normalized spacial score (nSPS) is 16.3. The van der Waals surface area contributed by atoms with Crippen molar-refractivity contribution in [2.24, 2.45) is 0 Å². The van der Waals surface area contributed by atoms with E-state index in [1.165, 1.54) is 18.4 Å². The van der Waals surface area contributed by atoms with E-state index >= 15 is 0 Å². The summed E-state index contributed by atoms with van der Waals surface area (Å²) >= 11 is 0. The van der Waals surface area contributed by atoms with Crippen molar-refractivity contribution in [2.45, 2.75) is 31.9 Å². The van der Waals surface area contributed by atoms with E-state index in [1.807, 2.05) is 18.3 Å². The first kappa shape index (κ1) is 12.2. The number of aromatic amines is 1. The van der Waals surface area contributed by atoms with E-state index in [9.17, 15) is 0 Å². The summed E-state index contributed by atoms with van der Waals surface area (Å²) in [4.78, 5) is 7.52. The Morgan fingerprint density at radius 2 is 2.16 bits per heavy atom. The van der Waals surface area contributed by atoms with Gasteiger partial charge in [-0.15, -0.1) is 0 Å². The maximum Gasteiger partial charge on any atom is 0.127 e. The van der Waals surface area contributed by atoms with Crippen molar-refractivity contribution in [3.8, 4) is 5.75 Å². The summed E-state index contributed by atoms with van der Waals surface area (Å²) < 4.78 is 5.77. The molecule has 0 bridgehead atoms. The molecule has 0 spiro atoms. The topological polar surface area (TPSA) is 49.9 Å². The highest BCUT2D eigenvalue weighted by Gasteiger charge is 2.23. The van der Waals surface area contributed by atoms with Gasteiger partial charge in [-0.25, -0.2) is 4.98 Å². The molecule has 3 rings (SSSR count). The van der Waals surface area contributed by atoms with Crippen LogP contribution in [0.2, 0.25) is 0 Å². The van der Waals surface area contributed by atoms with Gasteiger partial charge >= 0.3 is 0 Å². The van der Waals surface area contributed by atoms with Gasteiger partial charge in [0, 0.05) is 12.4 Å². The molecular formula is C15H19N3O. The second-order valence-corrected chi connectivity index (χ2v) is 4.85.